The van der Waals surface area contributed by atoms with E-state index in [1.54, 1.807) is 12.4 Å². The van der Waals surface area contributed by atoms with Crippen molar-refractivity contribution < 1.29 is 4.39 Å². The first kappa shape index (κ1) is 8.47. The van der Waals surface area contributed by atoms with Crippen LogP contribution in [0.25, 0.3) is 0 Å². The van der Waals surface area contributed by atoms with Gasteiger partial charge >= 0.3 is 0 Å². The van der Waals surface area contributed by atoms with Crippen molar-refractivity contribution in [3.8, 4) is 0 Å². The summed E-state index contributed by atoms with van der Waals surface area (Å²) in [4.78, 5) is 3.84. The largest absolute Gasteiger partial charge is 0.265 e. The third-order valence-electron chi connectivity index (χ3n) is 1.37. The van der Waals surface area contributed by atoms with Crippen LogP contribution in [0, 0.1) is 0 Å². The summed E-state index contributed by atoms with van der Waals surface area (Å²) < 4.78 is 11.9. The lowest BCUT2D eigenvalue weighted by Crippen LogP contribution is -2.04. The van der Waals surface area contributed by atoms with Gasteiger partial charge in [-0.2, -0.15) is 0 Å². The molecule has 60 valence electrons. The summed E-state index contributed by atoms with van der Waals surface area (Å²) in [6, 6.07) is 3.68. The summed E-state index contributed by atoms with van der Waals surface area (Å²) in [6.45, 7) is -0.482. The Bertz CT molecular complexity index is 203. The van der Waals surface area contributed by atoms with Crippen molar-refractivity contribution in [1.29, 1.82) is 0 Å². The fraction of sp³-hybridized carbons (Fsp3) is 0.375. The summed E-state index contributed by atoms with van der Waals surface area (Å²) in [5.74, 6) is 0. The number of nitrogens with zero attached hydrogens (tertiary/aromatic N) is 1. The zero-order chi connectivity index (χ0) is 8.10. The fourth-order valence-electron chi connectivity index (χ4n) is 0.829. The second-order valence-corrected chi connectivity index (χ2v) is 2.93. The van der Waals surface area contributed by atoms with E-state index in [9.17, 15) is 4.39 Å². The molecule has 0 radical (unpaired) electrons. The first-order valence-electron chi connectivity index (χ1n) is 3.42. The van der Waals surface area contributed by atoms with Crippen LogP contribution in [0.2, 0.25) is 0 Å². The molecule has 1 rings (SSSR count). The standard InChI is InChI=1S/C8H9ClFN/c9-8(6-10)5-7-1-3-11-4-2-7/h1-4,8H,5-6H2. The average molecular weight is 174 g/mol. The van der Waals surface area contributed by atoms with E-state index in [0.717, 1.165) is 5.56 Å². The van der Waals surface area contributed by atoms with Gasteiger partial charge in [0, 0.05) is 12.4 Å². The Kier molecular flexibility index (Phi) is 3.30. The van der Waals surface area contributed by atoms with Crippen LogP contribution < -0.4 is 0 Å². The van der Waals surface area contributed by atoms with Gasteiger partial charge in [0.2, 0.25) is 0 Å². The lowest BCUT2D eigenvalue weighted by Gasteiger charge is -2.02. The molecule has 0 saturated heterocycles. The second kappa shape index (κ2) is 4.29. The molecule has 0 saturated carbocycles. The maximum absolute atomic E-state index is 11.9. The molecule has 3 heteroatoms. The van der Waals surface area contributed by atoms with E-state index in [-0.39, 0.29) is 0 Å². The molecule has 1 heterocycles. The Labute approximate surface area is 70.2 Å². The molecule has 0 spiro atoms. The van der Waals surface area contributed by atoms with Crippen molar-refractivity contribution in [3.05, 3.63) is 30.1 Å². The van der Waals surface area contributed by atoms with Crippen molar-refractivity contribution >= 4 is 11.6 Å². The maximum Gasteiger partial charge on any atom is 0.106 e. The number of pyridine rings is 1. The molecule has 11 heavy (non-hydrogen) atoms. The van der Waals surface area contributed by atoms with Gasteiger partial charge in [0.1, 0.15) is 6.67 Å². The first-order chi connectivity index (χ1) is 5.33. The SMILES string of the molecule is FCC(Cl)Cc1ccncc1. The van der Waals surface area contributed by atoms with Crippen LogP contribution in [-0.2, 0) is 6.42 Å². The lowest BCUT2D eigenvalue weighted by atomic mass is 10.1. The molecule has 0 aliphatic heterocycles. The molecule has 0 aliphatic rings. The zero-order valence-corrected chi connectivity index (χ0v) is 6.76. The van der Waals surface area contributed by atoms with Gasteiger partial charge in [0.15, 0.2) is 0 Å². The summed E-state index contributed by atoms with van der Waals surface area (Å²) in [5.41, 5.74) is 1.03. The summed E-state index contributed by atoms with van der Waals surface area (Å²) >= 11 is 5.60. The first-order valence-corrected chi connectivity index (χ1v) is 3.85. The van der Waals surface area contributed by atoms with Crippen LogP contribution in [0.3, 0.4) is 0 Å². The lowest BCUT2D eigenvalue weighted by molar-refractivity contribution is 0.478. The van der Waals surface area contributed by atoms with Crippen molar-refractivity contribution in [2.75, 3.05) is 6.67 Å². The van der Waals surface area contributed by atoms with E-state index in [0.29, 0.717) is 6.42 Å². The normalized spacial score (nSPS) is 12.9. The van der Waals surface area contributed by atoms with Gasteiger partial charge in [-0.25, -0.2) is 4.39 Å². The molecular formula is C8H9ClFN. The molecule has 0 amide bonds. The van der Waals surface area contributed by atoms with E-state index < -0.39 is 12.1 Å². The Morgan fingerprint density at radius 3 is 2.64 bits per heavy atom. The number of alkyl halides is 2. The number of halogens is 2. The van der Waals surface area contributed by atoms with Gasteiger partial charge in [0.05, 0.1) is 5.38 Å². The molecule has 0 aromatic carbocycles. The smallest absolute Gasteiger partial charge is 0.106 e. The molecule has 0 bridgehead atoms. The summed E-state index contributed by atoms with van der Waals surface area (Å²) in [5, 5.41) is -0.405. The minimum Gasteiger partial charge on any atom is -0.265 e. The highest BCUT2D eigenvalue weighted by Gasteiger charge is 2.03. The summed E-state index contributed by atoms with van der Waals surface area (Å²) in [7, 11) is 0. The van der Waals surface area contributed by atoms with E-state index in [1.165, 1.54) is 0 Å². The molecule has 1 nitrogen and oxygen atoms in total. The molecule has 0 aliphatic carbocycles. The molecular weight excluding hydrogens is 165 g/mol. The Morgan fingerprint density at radius 2 is 2.09 bits per heavy atom. The topological polar surface area (TPSA) is 12.9 Å². The van der Waals surface area contributed by atoms with Crippen molar-refractivity contribution in [3.63, 3.8) is 0 Å². The number of aromatic nitrogens is 1. The van der Waals surface area contributed by atoms with Crippen LogP contribution >= 0.6 is 11.6 Å². The maximum atomic E-state index is 11.9. The molecule has 1 aromatic rings. The van der Waals surface area contributed by atoms with Gasteiger partial charge in [-0.15, -0.1) is 11.6 Å². The van der Waals surface area contributed by atoms with Gasteiger partial charge in [-0.1, -0.05) is 0 Å². The molecule has 1 atom stereocenters. The molecule has 1 aromatic heterocycles. The van der Waals surface area contributed by atoms with Crippen molar-refractivity contribution in [2.45, 2.75) is 11.8 Å². The monoisotopic (exact) mass is 173 g/mol. The van der Waals surface area contributed by atoms with Crippen LogP contribution in [0.15, 0.2) is 24.5 Å². The Hall–Kier alpha value is -0.630. The molecule has 1 unspecified atom stereocenters. The molecule has 0 N–H and O–H groups in total. The highest BCUT2D eigenvalue weighted by Crippen LogP contribution is 2.06. The van der Waals surface area contributed by atoms with E-state index in [4.69, 9.17) is 11.6 Å². The zero-order valence-electron chi connectivity index (χ0n) is 6.00. The van der Waals surface area contributed by atoms with Gasteiger partial charge in [0.25, 0.3) is 0 Å². The van der Waals surface area contributed by atoms with Gasteiger partial charge in [-0.3, -0.25) is 4.98 Å². The van der Waals surface area contributed by atoms with Crippen LogP contribution in [0.4, 0.5) is 4.39 Å². The number of hydrogen-bond donors (Lipinski definition) is 0. The minimum atomic E-state index is -0.482. The molecule has 0 fully saturated rings. The van der Waals surface area contributed by atoms with Crippen LogP contribution in [-0.4, -0.2) is 17.0 Å². The predicted octanol–water partition coefficient (Wildman–Crippen LogP) is 2.20. The second-order valence-electron chi connectivity index (χ2n) is 2.31. The van der Waals surface area contributed by atoms with E-state index in [1.807, 2.05) is 12.1 Å². The third-order valence-corrected chi connectivity index (χ3v) is 1.64. The average Bonchev–Trinajstić information content (AvgIpc) is 2.06. The van der Waals surface area contributed by atoms with Crippen molar-refractivity contribution in [1.82, 2.24) is 4.98 Å². The van der Waals surface area contributed by atoms with Crippen LogP contribution in [0.1, 0.15) is 5.56 Å². The number of hydrogen-bond acceptors (Lipinski definition) is 1. The third kappa shape index (κ3) is 2.85. The number of rotatable bonds is 3. The van der Waals surface area contributed by atoms with Crippen LogP contribution in [0.5, 0.6) is 0 Å². The predicted molar refractivity (Wildman–Crippen MR) is 43.6 cm³/mol. The van der Waals surface area contributed by atoms with E-state index >= 15 is 0 Å². The van der Waals surface area contributed by atoms with Gasteiger partial charge < -0.3 is 0 Å². The Morgan fingerprint density at radius 1 is 1.45 bits per heavy atom. The van der Waals surface area contributed by atoms with Gasteiger partial charge in [-0.05, 0) is 24.1 Å². The summed E-state index contributed by atoms with van der Waals surface area (Å²) in [6.07, 6.45) is 3.93. The van der Waals surface area contributed by atoms with Crippen molar-refractivity contribution in [2.24, 2.45) is 0 Å². The highest BCUT2D eigenvalue weighted by atomic mass is 35.5. The quantitative estimate of drug-likeness (QED) is 0.639. The minimum absolute atomic E-state index is 0.405. The Balaban J connectivity index is 2.51. The highest BCUT2D eigenvalue weighted by molar-refractivity contribution is 6.20. The van der Waals surface area contributed by atoms with E-state index in [2.05, 4.69) is 4.98 Å². The fourth-order valence-corrected chi connectivity index (χ4v) is 1.01.